The van der Waals surface area contributed by atoms with E-state index in [1.165, 1.54) is 32.4 Å². The lowest BCUT2D eigenvalue weighted by Gasteiger charge is -2.17. The quantitative estimate of drug-likeness (QED) is 0.223. The van der Waals surface area contributed by atoms with Crippen molar-refractivity contribution in [1.82, 2.24) is 9.66 Å². The molecule has 11 heteroatoms. The Labute approximate surface area is 221 Å². The highest BCUT2D eigenvalue weighted by molar-refractivity contribution is 5.86. The SMILES string of the molecule is CCOC(=O)[C@H](C)Oc1c(C=Nn2c(-c3cccc(C(F)(F)F)c3)nc3ccccc3c2=O)cccc1OC. The third kappa shape index (κ3) is 5.92. The first kappa shape index (κ1) is 27.4. The van der Waals surface area contributed by atoms with Crippen LogP contribution in [0.25, 0.3) is 22.3 Å². The summed E-state index contributed by atoms with van der Waals surface area (Å²) in [5.74, 6) is -0.233. The van der Waals surface area contributed by atoms with Crippen molar-refractivity contribution < 1.29 is 32.2 Å². The zero-order chi connectivity index (χ0) is 28.2. The molecule has 1 atom stereocenters. The summed E-state index contributed by atoms with van der Waals surface area (Å²) >= 11 is 0. The number of fused-ring (bicyclic) bond motifs is 1. The summed E-state index contributed by atoms with van der Waals surface area (Å²) in [6.07, 6.45) is -4.30. The molecule has 0 fully saturated rings. The Kier molecular flexibility index (Phi) is 7.99. The fourth-order valence-electron chi connectivity index (χ4n) is 3.78. The first-order chi connectivity index (χ1) is 18.6. The number of halogens is 3. The van der Waals surface area contributed by atoms with Gasteiger partial charge in [0.25, 0.3) is 5.56 Å². The Bertz CT molecular complexity index is 1600. The maximum atomic E-state index is 13.4. The molecule has 0 aliphatic carbocycles. The molecular weight excluding hydrogens is 515 g/mol. The number of carbonyl (C=O) groups excluding carboxylic acids is 1. The number of benzene rings is 3. The number of para-hydroxylation sites is 2. The molecule has 4 rings (SSSR count). The van der Waals surface area contributed by atoms with Gasteiger partial charge in [0, 0.05) is 11.1 Å². The standard InChI is InChI=1S/C28H24F3N3O5/c1-4-38-27(36)17(2)39-24-19(10-8-14-23(24)37-3)16-32-34-25(18-9-7-11-20(15-18)28(29,30)31)33-22-13-6-5-12-21(22)26(34)35/h5-17H,4H2,1-3H3/t17-/m0/s1. The van der Waals surface area contributed by atoms with Gasteiger partial charge in [-0.25, -0.2) is 9.78 Å². The van der Waals surface area contributed by atoms with Gasteiger partial charge in [-0.05, 0) is 50.2 Å². The average Bonchev–Trinajstić information content (AvgIpc) is 2.92. The van der Waals surface area contributed by atoms with Gasteiger partial charge in [-0.15, -0.1) is 0 Å². The molecule has 0 bridgehead atoms. The molecule has 0 saturated heterocycles. The number of nitrogens with zero attached hydrogens (tertiary/aromatic N) is 3. The number of esters is 1. The molecule has 3 aromatic carbocycles. The van der Waals surface area contributed by atoms with Crippen LogP contribution in [-0.2, 0) is 15.7 Å². The summed E-state index contributed by atoms with van der Waals surface area (Å²) < 4.78 is 57.4. The van der Waals surface area contributed by atoms with Crippen LogP contribution in [0.2, 0.25) is 0 Å². The molecule has 1 aromatic heterocycles. The van der Waals surface area contributed by atoms with E-state index in [0.717, 1.165) is 16.8 Å². The van der Waals surface area contributed by atoms with Crippen LogP contribution in [0.5, 0.6) is 11.5 Å². The van der Waals surface area contributed by atoms with Gasteiger partial charge >= 0.3 is 12.1 Å². The normalized spacial score (nSPS) is 12.5. The van der Waals surface area contributed by atoms with E-state index in [1.807, 2.05) is 0 Å². The van der Waals surface area contributed by atoms with Crippen LogP contribution in [0.4, 0.5) is 13.2 Å². The highest BCUT2D eigenvalue weighted by atomic mass is 19.4. The molecule has 0 radical (unpaired) electrons. The third-order valence-corrected chi connectivity index (χ3v) is 5.66. The van der Waals surface area contributed by atoms with E-state index >= 15 is 0 Å². The summed E-state index contributed by atoms with van der Waals surface area (Å²) in [6.45, 7) is 3.35. The van der Waals surface area contributed by atoms with Gasteiger partial charge in [-0.2, -0.15) is 22.9 Å². The fourth-order valence-corrected chi connectivity index (χ4v) is 3.78. The molecule has 1 heterocycles. The van der Waals surface area contributed by atoms with Crippen molar-refractivity contribution in [3.63, 3.8) is 0 Å². The topological polar surface area (TPSA) is 92.0 Å². The van der Waals surface area contributed by atoms with Crippen LogP contribution in [-0.4, -0.2) is 41.7 Å². The van der Waals surface area contributed by atoms with Gasteiger partial charge in [0.05, 0.1) is 36.4 Å². The van der Waals surface area contributed by atoms with E-state index in [1.54, 1.807) is 49.4 Å². The Morgan fingerprint density at radius 2 is 1.85 bits per heavy atom. The summed E-state index contributed by atoms with van der Waals surface area (Å²) in [7, 11) is 1.42. The molecule has 0 unspecified atom stereocenters. The molecular formula is C28H24F3N3O5. The number of carbonyl (C=O) groups is 1. The first-order valence-corrected chi connectivity index (χ1v) is 11.9. The fraction of sp³-hybridized carbons (Fsp3) is 0.214. The minimum absolute atomic E-state index is 0.0443. The molecule has 8 nitrogen and oxygen atoms in total. The van der Waals surface area contributed by atoms with Gasteiger partial charge in [0.15, 0.2) is 23.4 Å². The zero-order valence-electron chi connectivity index (χ0n) is 21.2. The maximum Gasteiger partial charge on any atom is 0.416 e. The smallest absolute Gasteiger partial charge is 0.416 e. The molecule has 0 spiro atoms. The minimum atomic E-state index is -4.59. The van der Waals surface area contributed by atoms with Gasteiger partial charge in [-0.3, -0.25) is 4.79 Å². The highest BCUT2D eigenvalue weighted by Crippen LogP contribution is 2.33. The van der Waals surface area contributed by atoms with Gasteiger partial charge in [-0.1, -0.05) is 30.3 Å². The largest absolute Gasteiger partial charge is 0.493 e. The molecule has 4 aromatic rings. The van der Waals surface area contributed by atoms with E-state index in [2.05, 4.69) is 10.1 Å². The minimum Gasteiger partial charge on any atom is -0.493 e. The van der Waals surface area contributed by atoms with Gasteiger partial charge < -0.3 is 14.2 Å². The molecule has 0 aliphatic heterocycles. The highest BCUT2D eigenvalue weighted by Gasteiger charge is 2.31. The molecule has 0 amide bonds. The van der Waals surface area contributed by atoms with E-state index < -0.39 is 29.4 Å². The first-order valence-electron chi connectivity index (χ1n) is 11.9. The number of hydrogen-bond acceptors (Lipinski definition) is 7. The van der Waals surface area contributed by atoms with Crippen LogP contribution in [0, 0.1) is 0 Å². The lowest BCUT2D eigenvalue weighted by atomic mass is 10.1. The maximum absolute atomic E-state index is 13.4. The number of alkyl halides is 3. The van der Waals surface area contributed by atoms with E-state index in [4.69, 9.17) is 14.2 Å². The Balaban J connectivity index is 1.87. The van der Waals surface area contributed by atoms with Crippen LogP contribution >= 0.6 is 0 Å². The van der Waals surface area contributed by atoms with Crippen molar-refractivity contribution in [2.24, 2.45) is 5.10 Å². The lowest BCUT2D eigenvalue weighted by molar-refractivity contribution is -0.150. The van der Waals surface area contributed by atoms with Crippen molar-refractivity contribution in [2.75, 3.05) is 13.7 Å². The molecule has 0 aliphatic rings. The molecule has 0 N–H and O–H groups in total. The second-order valence-corrected chi connectivity index (χ2v) is 8.28. The number of rotatable bonds is 8. The molecule has 202 valence electrons. The number of aromatic nitrogens is 2. The van der Waals surface area contributed by atoms with E-state index in [9.17, 15) is 22.8 Å². The predicted molar refractivity (Wildman–Crippen MR) is 139 cm³/mol. The van der Waals surface area contributed by atoms with E-state index in [-0.39, 0.29) is 34.9 Å². The van der Waals surface area contributed by atoms with Crippen LogP contribution in [0.15, 0.2) is 76.6 Å². The molecule has 0 saturated carbocycles. The van der Waals surface area contributed by atoms with Crippen molar-refractivity contribution in [2.45, 2.75) is 26.1 Å². The summed E-state index contributed by atoms with van der Waals surface area (Å²) in [5, 5.41) is 4.53. The van der Waals surface area contributed by atoms with Crippen LogP contribution in [0.3, 0.4) is 0 Å². The second kappa shape index (κ2) is 11.4. The summed E-state index contributed by atoms with van der Waals surface area (Å²) in [4.78, 5) is 30.0. The van der Waals surface area contributed by atoms with Crippen molar-refractivity contribution in [1.29, 1.82) is 0 Å². The third-order valence-electron chi connectivity index (χ3n) is 5.66. The summed E-state index contributed by atoms with van der Waals surface area (Å²) in [5.41, 5.74) is -0.803. The average molecular weight is 540 g/mol. The van der Waals surface area contributed by atoms with Crippen LogP contribution in [0.1, 0.15) is 25.0 Å². The van der Waals surface area contributed by atoms with Crippen molar-refractivity contribution in [3.05, 3.63) is 88.2 Å². The van der Waals surface area contributed by atoms with Crippen molar-refractivity contribution in [3.8, 4) is 22.9 Å². The number of methoxy groups -OCH3 is 1. The predicted octanol–water partition coefficient (Wildman–Crippen LogP) is 5.30. The Morgan fingerprint density at radius 1 is 1.10 bits per heavy atom. The van der Waals surface area contributed by atoms with Crippen molar-refractivity contribution >= 4 is 23.1 Å². The number of hydrogen-bond donors (Lipinski definition) is 0. The second-order valence-electron chi connectivity index (χ2n) is 8.28. The lowest BCUT2D eigenvalue weighted by Crippen LogP contribution is -2.26. The monoisotopic (exact) mass is 539 g/mol. The summed E-state index contributed by atoms with van der Waals surface area (Å²) in [6, 6.07) is 15.8. The molecule has 39 heavy (non-hydrogen) atoms. The zero-order valence-corrected chi connectivity index (χ0v) is 21.2. The van der Waals surface area contributed by atoms with Crippen LogP contribution < -0.4 is 15.0 Å². The van der Waals surface area contributed by atoms with Gasteiger partial charge in [0.1, 0.15) is 0 Å². The number of ether oxygens (including phenoxy) is 3. The van der Waals surface area contributed by atoms with E-state index in [0.29, 0.717) is 11.1 Å². The Morgan fingerprint density at radius 3 is 2.56 bits per heavy atom. The van der Waals surface area contributed by atoms with Gasteiger partial charge in [0.2, 0.25) is 0 Å². The Hall–Kier alpha value is -4.67.